The Bertz CT molecular complexity index is 832. The summed E-state index contributed by atoms with van der Waals surface area (Å²) in [6.45, 7) is 4.66. The minimum absolute atomic E-state index is 0.143. The molecule has 130 valence electrons. The zero-order valence-electron chi connectivity index (χ0n) is 14.5. The molecule has 4 nitrogen and oxygen atoms in total. The summed E-state index contributed by atoms with van der Waals surface area (Å²) in [7, 11) is 2.05. The molecule has 1 unspecified atom stereocenters. The van der Waals surface area contributed by atoms with Crippen molar-refractivity contribution in [1.29, 1.82) is 0 Å². The smallest absolute Gasteiger partial charge is 0.255 e. The van der Waals surface area contributed by atoms with Crippen LogP contribution in [0.4, 0.5) is 5.69 Å². The number of fused-ring (bicyclic) bond motifs is 1. The van der Waals surface area contributed by atoms with Crippen LogP contribution in [-0.4, -0.2) is 24.5 Å². The number of hydrogen-bond donors (Lipinski definition) is 1. The monoisotopic (exact) mass is 400 g/mol. The number of carbonyl (C=O) groups excluding carboxylic acids is 1. The number of hydrogen-bond acceptors (Lipinski definition) is 3. The fourth-order valence-electron chi connectivity index (χ4n) is 2.83. The quantitative estimate of drug-likeness (QED) is 0.777. The lowest BCUT2D eigenvalue weighted by atomic mass is 9.97. The van der Waals surface area contributed by atoms with Gasteiger partial charge >= 0.3 is 0 Å². The topological polar surface area (TPSA) is 41.6 Å². The lowest BCUT2D eigenvalue weighted by molar-refractivity contribution is 0.102. The van der Waals surface area contributed by atoms with Gasteiger partial charge in [0, 0.05) is 18.3 Å². The van der Waals surface area contributed by atoms with Gasteiger partial charge in [-0.05, 0) is 83.5 Å². The van der Waals surface area contributed by atoms with E-state index in [0.29, 0.717) is 12.2 Å². The summed E-state index contributed by atoms with van der Waals surface area (Å²) in [5.41, 5.74) is 3.77. The number of carbonyl (C=O) groups is 1. The van der Waals surface area contributed by atoms with Crippen molar-refractivity contribution < 1.29 is 9.53 Å². The van der Waals surface area contributed by atoms with Gasteiger partial charge in [-0.25, -0.2) is 0 Å². The van der Waals surface area contributed by atoms with Crippen LogP contribution in [0.1, 0.15) is 41.4 Å². The van der Waals surface area contributed by atoms with Crippen molar-refractivity contribution in [2.45, 2.75) is 19.9 Å². The van der Waals surface area contributed by atoms with E-state index in [4.69, 9.17) is 4.74 Å². The van der Waals surface area contributed by atoms with E-state index in [1.807, 2.05) is 32.2 Å². The average Bonchev–Trinajstić information content (AvgIpc) is 2.60. The number of nitrogens with zero attached hydrogens (tertiary/aromatic N) is 1. The summed E-state index contributed by atoms with van der Waals surface area (Å²) in [5, 5.41) is 2.98. The molecule has 1 heterocycles. The Hall–Kier alpha value is -2.27. The van der Waals surface area contributed by atoms with Crippen molar-refractivity contribution in [3.05, 3.63) is 63.8 Å². The van der Waals surface area contributed by atoms with Crippen molar-refractivity contribution in [3.8, 4) is 5.75 Å². The fraction of sp³-hybridized carbons (Fsp3) is 0.250. The molecule has 2 aromatic carbocycles. The molecule has 1 aliphatic heterocycles. The van der Waals surface area contributed by atoms with Crippen LogP contribution in [0.5, 0.6) is 5.75 Å². The molecule has 0 spiro atoms. The van der Waals surface area contributed by atoms with Gasteiger partial charge in [0.05, 0.1) is 17.1 Å². The molecule has 1 aliphatic rings. The van der Waals surface area contributed by atoms with E-state index < -0.39 is 0 Å². The minimum Gasteiger partial charge on any atom is -0.493 e. The summed E-state index contributed by atoms with van der Waals surface area (Å²) in [4.78, 5) is 14.7. The zero-order valence-corrected chi connectivity index (χ0v) is 16.1. The number of ether oxygens (including phenoxy) is 1. The van der Waals surface area contributed by atoms with Crippen LogP contribution >= 0.6 is 15.9 Å². The summed E-state index contributed by atoms with van der Waals surface area (Å²) < 4.78 is 6.26. The van der Waals surface area contributed by atoms with E-state index >= 15 is 0 Å². The van der Waals surface area contributed by atoms with Gasteiger partial charge in [-0.2, -0.15) is 0 Å². The molecule has 1 atom stereocenters. The van der Waals surface area contributed by atoms with Crippen LogP contribution in [0.15, 0.2) is 47.1 Å². The SMILES string of the molecule is CCOc1ccc(C(=O)Nc2ccc3c(c2)C(C)N(C)C=C3)cc1Br. The first-order valence-electron chi connectivity index (χ1n) is 8.27. The van der Waals surface area contributed by atoms with E-state index in [0.717, 1.165) is 15.9 Å². The third kappa shape index (κ3) is 3.71. The lowest BCUT2D eigenvalue weighted by Gasteiger charge is -2.29. The van der Waals surface area contributed by atoms with Crippen molar-refractivity contribution in [1.82, 2.24) is 4.90 Å². The van der Waals surface area contributed by atoms with E-state index in [1.165, 1.54) is 11.1 Å². The highest BCUT2D eigenvalue weighted by molar-refractivity contribution is 9.10. The van der Waals surface area contributed by atoms with Crippen molar-refractivity contribution in [2.24, 2.45) is 0 Å². The van der Waals surface area contributed by atoms with Gasteiger partial charge < -0.3 is 15.0 Å². The highest BCUT2D eigenvalue weighted by Gasteiger charge is 2.17. The maximum atomic E-state index is 12.6. The molecule has 2 aromatic rings. The van der Waals surface area contributed by atoms with Gasteiger partial charge in [0.25, 0.3) is 5.91 Å². The molecule has 0 aliphatic carbocycles. The van der Waals surface area contributed by atoms with Crippen molar-refractivity contribution in [2.75, 3.05) is 19.0 Å². The van der Waals surface area contributed by atoms with E-state index in [-0.39, 0.29) is 11.9 Å². The number of anilines is 1. The van der Waals surface area contributed by atoms with Crippen molar-refractivity contribution in [3.63, 3.8) is 0 Å². The second kappa shape index (κ2) is 7.31. The van der Waals surface area contributed by atoms with E-state index in [2.05, 4.69) is 45.3 Å². The molecule has 0 aromatic heterocycles. The van der Waals surface area contributed by atoms with Crippen LogP contribution in [0.25, 0.3) is 6.08 Å². The standard InChI is InChI=1S/C20H21BrN2O2/c1-4-25-19-8-6-15(11-18(19)21)20(24)22-16-7-5-14-9-10-23(3)13(2)17(14)12-16/h5-13H,4H2,1-3H3,(H,22,24). The summed E-state index contributed by atoms with van der Waals surface area (Å²) in [6, 6.07) is 11.6. The molecule has 0 radical (unpaired) electrons. The maximum absolute atomic E-state index is 12.6. The Labute approximate surface area is 156 Å². The Kier molecular flexibility index (Phi) is 5.13. The predicted molar refractivity (Wildman–Crippen MR) is 105 cm³/mol. The number of nitrogens with one attached hydrogen (secondary N) is 1. The normalized spacial score (nSPS) is 15.7. The second-order valence-electron chi connectivity index (χ2n) is 6.03. The average molecular weight is 401 g/mol. The molecule has 5 heteroatoms. The third-order valence-electron chi connectivity index (χ3n) is 4.39. The van der Waals surface area contributed by atoms with Crippen molar-refractivity contribution >= 4 is 33.6 Å². The van der Waals surface area contributed by atoms with Crippen LogP contribution in [-0.2, 0) is 0 Å². The van der Waals surface area contributed by atoms with Crippen LogP contribution in [0.3, 0.4) is 0 Å². The van der Waals surface area contributed by atoms with Gasteiger partial charge in [-0.3, -0.25) is 4.79 Å². The molecule has 1 amide bonds. The van der Waals surface area contributed by atoms with Gasteiger partial charge in [0.15, 0.2) is 0 Å². The first-order chi connectivity index (χ1) is 12.0. The Morgan fingerprint density at radius 1 is 1.28 bits per heavy atom. The first kappa shape index (κ1) is 17.5. The Balaban J connectivity index is 1.80. The molecule has 0 fully saturated rings. The number of amides is 1. The zero-order chi connectivity index (χ0) is 18.0. The number of benzene rings is 2. The summed E-state index contributed by atoms with van der Waals surface area (Å²) >= 11 is 3.45. The Morgan fingerprint density at radius 3 is 2.80 bits per heavy atom. The lowest BCUT2D eigenvalue weighted by Crippen LogP contribution is -2.20. The second-order valence-corrected chi connectivity index (χ2v) is 6.89. The van der Waals surface area contributed by atoms with E-state index in [1.54, 1.807) is 18.2 Å². The van der Waals surface area contributed by atoms with Gasteiger partial charge in [-0.15, -0.1) is 0 Å². The van der Waals surface area contributed by atoms with Crippen LogP contribution in [0, 0.1) is 0 Å². The maximum Gasteiger partial charge on any atom is 0.255 e. The fourth-order valence-corrected chi connectivity index (χ4v) is 3.32. The van der Waals surface area contributed by atoms with Gasteiger partial charge in [-0.1, -0.05) is 6.07 Å². The van der Waals surface area contributed by atoms with Gasteiger partial charge in [0.2, 0.25) is 0 Å². The third-order valence-corrected chi connectivity index (χ3v) is 5.01. The number of halogens is 1. The minimum atomic E-state index is -0.143. The summed E-state index contributed by atoms with van der Waals surface area (Å²) in [5.74, 6) is 0.590. The van der Waals surface area contributed by atoms with E-state index in [9.17, 15) is 4.79 Å². The summed E-state index contributed by atoms with van der Waals surface area (Å²) in [6.07, 6.45) is 4.16. The largest absolute Gasteiger partial charge is 0.493 e. The molecular formula is C20H21BrN2O2. The molecule has 0 saturated heterocycles. The highest BCUT2D eigenvalue weighted by Crippen LogP contribution is 2.31. The molecule has 3 rings (SSSR count). The molecule has 0 saturated carbocycles. The van der Waals surface area contributed by atoms with Crippen LogP contribution in [0.2, 0.25) is 0 Å². The predicted octanol–water partition coefficient (Wildman–Crippen LogP) is 5.08. The molecule has 0 bridgehead atoms. The molecule has 1 N–H and O–H groups in total. The highest BCUT2D eigenvalue weighted by atomic mass is 79.9. The Morgan fingerprint density at radius 2 is 2.08 bits per heavy atom. The molecular weight excluding hydrogens is 380 g/mol. The van der Waals surface area contributed by atoms with Gasteiger partial charge in [0.1, 0.15) is 5.75 Å². The van der Waals surface area contributed by atoms with Crippen LogP contribution < -0.4 is 10.1 Å². The molecule has 25 heavy (non-hydrogen) atoms. The first-order valence-corrected chi connectivity index (χ1v) is 9.06. The number of rotatable bonds is 4.